The highest BCUT2D eigenvalue weighted by atomic mass is 16.6. The van der Waals surface area contributed by atoms with Gasteiger partial charge in [-0.2, -0.15) is 0 Å². The Morgan fingerprint density at radius 1 is 1.11 bits per heavy atom. The summed E-state index contributed by atoms with van der Waals surface area (Å²) in [4.78, 5) is 52.6. The molecule has 196 valence electrons. The summed E-state index contributed by atoms with van der Waals surface area (Å²) < 4.78 is 5.24. The molecule has 0 aliphatic carbocycles. The Hall–Kier alpha value is -3.30. The van der Waals surface area contributed by atoms with E-state index in [0.717, 1.165) is 0 Å². The molecular weight excluding hydrogens is 452 g/mol. The number of phenolic OH excluding ortho intramolecular Hbond substituents is 1. The first-order valence-corrected chi connectivity index (χ1v) is 11.7. The van der Waals surface area contributed by atoms with E-state index in [1.807, 2.05) is 6.92 Å². The van der Waals surface area contributed by atoms with Gasteiger partial charge in [0, 0.05) is 17.6 Å². The molecule has 0 saturated heterocycles. The van der Waals surface area contributed by atoms with Crippen LogP contribution in [0.2, 0.25) is 0 Å². The SMILES string of the molecule is CCCN(C(=O)C(CC(N)=O)NC(=O)OC(C)(C)C)C(C(=O)NC(C)(C)C)c1cccc(C)c1O. The number of nitrogens with one attached hydrogen (secondary N) is 2. The molecule has 0 aliphatic heterocycles. The summed E-state index contributed by atoms with van der Waals surface area (Å²) >= 11 is 0. The van der Waals surface area contributed by atoms with E-state index >= 15 is 0 Å². The molecule has 5 N–H and O–H groups in total. The fourth-order valence-electron chi connectivity index (χ4n) is 3.45. The highest BCUT2D eigenvalue weighted by Crippen LogP contribution is 2.33. The van der Waals surface area contributed by atoms with E-state index in [-0.39, 0.29) is 17.9 Å². The van der Waals surface area contributed by atoms with Crippen LogP contribution in [-0.2, 0) is 19.1 Å². The van der Waals surface area contributed by atoms with Crippen LogP contribution in [0.3, 0.4) is 0 Å². The Balaban J connectivity index is 3.56. The largest absolute Gasteiger partial charge is 0.507 e. The van der Waals surface area contributed by atoms with Crippen LogP contribution < -0.4 is 16.4 Å². The van der Waals surface area contributed by atoms with Gasteiger partial charge >= 0.3 is 6.09 Å². The molecule has 4 amide bonds. The van der Waals surface area contributed by atoms with E-state index < -0.39 is 53.5 Å². The Kier molecular flexibility index (Phi) is 10.1. The van der Waals surface area contributed by atoms with Gasteiger partial charge in [0.25, 0.3) is 0 Å². The average molecular weight is 493 g/mol. The number of para-hydroxylation sites is 1. The lowest BCUT2D eigenvalue weighted by atomic mass is 9.97. The van der Waals surface area contributed by atoms with Gasteiger partial charge < -0.3 is 31.1 Å². The van der Waals surface area contributed by atoms with Crippen molar-refractivity contribution in [3.05, 3.63) is 29.3 Å². The molecule has 10 heteroatoms. The number of amides is 4. The second kappa shape index (κ2) is 11.9. The molecule has 0 heterocycles. The summed E-state index contributed by atoms with van der Waals surface area (Å²) in [5.74, 6) is -2.16. The highest BCUT2D eigenvalue weighted by molar-refractivity contribution is 5.95. The van der Waals surface area contributed by atoms with Gasteiger partial charge in [-0.05, 0) is 60.5 Å². The number of nitrogens with two attached hydrogens (primary N) is 1. The van der Waals surface area contributed by atoms with E-state index in [0.29, 0.717) is 12.0 Å². The first-order chi connectivity index (χ1) is 16.0. The van der Waals surface area contributed by atoms with Gasteiger partial charge in [-0.15, -0.1) is 0 Å². The second-order valence-corrected chi connectivity index (χ2v) is 10.6. The molecule has 2 atom stereocenters. The number of hydrogen-bond donors (Lipinski definition) is 4. The number of carbonyl (C=O) groups is 4. The highest BCUT2D eigenvalue weighted by Gasteiger charge is 2.38. The van der Waals surface area contributed by atoms with E-state index in [4.69, 9.17) is 10.5 Å². The molecule has 1 rings (SSSR count). The molecule has 0 saturated carbocycles. The molecule has 10 nitrogen and oxygen atoms in total. The monoisotopic (exact) mass is 492 g/mol. The number of phenols is 1. The minimum Gasteiger partial charge on any atom is -0.507 e. The number of alkyl carbamates (subject to hydrolysis) is 1. The van der Waals surface area contributed by atoms with Crippen LogP contribution >= 0.6 is 0 Å². The maximum absolute atomic E-state index is 13.7. The van der Waals surface area contributed by atoms with Crippen molar-refractivity contribution < 1.29 is 29.0 Å². The smallest absolute Gasteiger partial charge is 0.408 e. The van der Waals surface area contributed by atoms with E-state index in [2.05, 4.69) is 10.6 Å². The average Bonchev–Trinajstić information content (AvgIpc) is 2.66. The molecule has 0 bridgehead atoms. The molecule has 0 aliphatic rings. The third kappa shape index (κ3) is 9.46. The van der Waals surface area contributed by atoms with E-state index in [1.54, 1.807) is 66.7 Å². The van der Waals surface area contributed by atoms with Crippen molar-refractivity contribution in [1.82, 2.24) is 15.5 Å². The lowest BCUT2D eigenvalue weighted by Gasteiger charge is -2.36. The van der Waals surface area contributed by atoms with Crippen molar-refractivity contribution in [2.45, 2.75) is 91.5 Å². The summed E-state index contributed by atoms with van der Waals surface area (Å²) in [7, 11) is 0. The number of rotatable bonds is 9. The van der Waals surface area contributed by atoms with Gasteiger partial charge in [-0.1, -0.05) is 25.1 Å². The van der Waals surface area contributed by atoms with Crippen LogP contribution in [-0.4, -0.2) is 57.5 Å². The predicted octanol–water partition coefficient (Wildman–Crippen LogP) is 2.66. The number of aromatic hydroxyl groups is 1. The maximum atomic E-state index is 13.7. The first-order valence-electron chi connectivity index (χ1n) is 11.7. The minimum absolute atomic E-state index is 0.111. The molecule has 2 unspecified atom stereocenters. The van der Waals surface area contributed by atoms with E-state index in [9.17, 15) is 24.3 Å². The fourth-order valence-corrected chi connectivity index (χ4v) is 3.45. The van der Waals surface area contributed by atoms with Crippen LogP contribution in [0.1, 0.15) is 78.5 Å². The summed E-state index contributed by atoms with van der Waals surface area (Å²) in [6.07, 6.45) is -0.929. The molecular formula is C25H40N4O6. The molecule has 0 radical (unpaired) electrons. The zero-order valence-electron chi connectivity index (χ0n) is 22.0. The van der Waals surface area contributed by atoms with Gasteiger partial charge in [0.1, 0.15) is 23.4 Å². The summed E-state index contributed by atoms with van der Waals surface area (Å²) in [6, 6.07) is 2.33. The summed E-state index contributed by atoms with van der Waals surface area (Å²) in [6.45, 7) is 14.0. The van der Waals surface area contributed by atoms with Gasteiger partial charge in [0.05, 0.1) is 6.42 Å². The molecule has 35 heavy (non-hydrogen) atoms. The molecule has 1 aromatic carbocycles. The van der Waals surface area contributed by atoms with Crippen molar-refractivity contribution in [2.24, 2.45) is 5.73 Å². The standard InChI is InChI=1S/C25H40N4O6/c1-9-13-29(22(33)17(14-18(26)30)27-23(34)35-25(6,7)8)19(21(32)28-24(3,4)5)16-12-10-11-15(2)20(16)31/h10-12,17,19,31H,9,13-14H2,1-8H3,(H2,26,30)(H,27,34)(H,28,32). The van der Waals surface area contributed by atoms with Crippen molar-refractivity contribution in [3.8, 4) is 5.75 Å². The predicted molar refractivity (Wildman–Crippen MR) is 132 cm³/mol. The zero-order chi connectivity index (χ0) is 27.1. The normalized spacial score (nSPS) is 13.4. The first kappa shape index (κ1) is 29.7. The Morgan fingerprint density at radius 3 is 2.20 bits per heavy atom. The summed E-state index contributed by atoms with van der Waals surface area (Å²) in [5.41, 5.74) is 4.65. The topological polar surface area (TPSA) is 151 Å². The molecule has 0 spiro atoms. The van der Waals surface area contributed by atoms with Crippen molar-refractivity contribution in [3.63, 3.8) is 0 Å². The lowest BCUT2D eigenvalue weighted by Crippen LogP contribution is -2.55. The fraction of sp³-hybridized carbons (Fsp3) is 0.600. The Labute approximate surface area is 207 Å². The van der Waals surface area contributed by atoms with Gasteiger partial charge in [-0.25, -0.2) is 4.79 Å². The molecule has 1 aromatic rings. The zero-order valence-corrected chi connectivity index (χ0v) is 22.0. The van der Waals surface area contributed by atoms with Gasteiger partial charge in [-0.3, -0.25) is 14.4 Å². The van der Waals surface area contributed by atoms with Gasteiger partial charge in [0.15, 0.2) is 0 Å². The molecule has 0 aromatic heterocycles. The van der Waals surface area contributed by atoms with Crippen molar-refractivity contribution >= 4 is 23.8 Å². The number of nitrogens with zero attached hydrogens (tertiary/aromatic N) is 1. The van der Waals surface area contributed by atoms with Gasteiger partial charge in [0.2, 0.25) is 17.7 Å². The van der Waals surface area contributed by atoms with E-state index in [1.165, 1.54) is 4.90 Å². The number of carbonyl (C=O) groups excluding carboxylic acids is 4. The van der Waals surface area contributed by atoms with Crippen LogP contribution in [0.4, 0.5) is 4.79 Å². The summed E-state index contributed by atoms with van der Waals surface area (Å²) in [5, 5.41) is 16.1. The second-order valence-electron chi connectivity index (χ2n) is 10.6. The number of ether oxygens (including phenoxy) is 1. The Morgan fingerprint density at radius 2 is 1.71 bits per heavy atom. The van der Waals surface area contributed by atoms with Crippen LogP contribution in [0.25, 0.3) is 0 Å². The molecule has 0 fully saturated rings. The van der Waals surface area contributed by atoms with Crippen LogP contribution in [0, 0.1) is 6.92 Å². The quantitative estimate of drug-likeness (QED) is 0.416. The minimum atomic E-state index is -1.37. The lowest BCUT2D eigenvalue weighted by molar-refractivity contribution is -0.144. The number of hydrogen-bond acceptors (Lipinski definition) is 6. The third-order valence-corrected chi connectivity index (χ3v) is 4.76. The van der Waals surface area contributed by atoms with Crippen molar-refractivity contribution in [2.75, 3.05) is 6.54 Å². The van der Waals surface area contributed by atoms with Crippen LogP contribution in [0.15, 0.2) is 18.2 Å². The maximum Gasteiger partial charge on any atom is 0.408 e. The number of benzene rings is 1. The third-order valence-electron chi connectivity index (χ3n) is 4.76. The number of primary amides is 1. The van der Waals surface area contributed by atoms with Crippen molar-refractivity contribution in [1.29, 1.82) is 0 Å². The Bertz CT molecular complexity index is 933. The number of aryl methyl sites for hydroxylation is 1. The van der Waals surface area contributed by atoms with Crippen LogP contribution in [0.5, 0.6) is 5.75 Å².